The largest absolute Gasteiger partial charge is 0.491 e. The van der Waals surface area contributed by atoms with E-state index >= 15 is 0 Å². The van der Waals surface area contributed by atoms with E-state index < -0.39 is 11.6 Å². The van der Waals surface area contributed by atoms with Gasteiger partial charge in [-0.3, -0.25) is 0 Å². The van der Waals surface area contributed by atoms with Crippen molar-refractivity contribution in [3.05, 3.63) is 59.2 Å². The molecule has 2 nitrogen and oxygen atoms in total. The molecule has 1 saturated carbocycles. The molecule has 0 saturated heterocycles. The minimum absolute atomic E-state index is 0.0328. The topological polar surface area (TPSA) is 18.5 Å². The van der Waals surface area contributed by atoms with Gasteiger partial charge in [-0.15, -0.1) is 0 Å². The van der Waals surface area contributed by atoms with Crippen molar-refractivity contribution >= 4 is 0 Å². The highest BCUT2D eigenvalue weighted by Gasteiger charge is 2.24. The first kappa shape index (κ1) is 20.6. The third-order valence-electron chi connectivity index (χ3n) is 5.62. The fourth-order valence-corrected chi connectivity index (χ4v) is 4.01. The summed E-state index contributed by atoms with van der Waals surface area (Å²) in [5.41, 5.74) is 2.82. The zero-order valence-corrected chi connectivity index (χ0v) is 16.8. The molecule has 0 atom stereocenters. The SMILES string of the molecule is CCCc1ccc(C2CCC(COc3ccc(OCC)c(F)c3F)CC2)cc1. The van der Waals surface area contributed by atoms with Crippen molar-refractivity contribution < 1.29 is 18.3 Å². The van der Waals surface area contributed by atoms with E-state index in [1.165, 1.54) is 29.7 Å². The van der Waals surface area contributed by atoms with Crippen LogP contribution in [0.25, 0.3) is 0 Å². The summed E-state index contributed by atoms with van der Waals surface area (Å²) in [6.07, 6.45) is 6.62. The predicted octanol–water partition coefficient (Wildman–Crippen LogP) is 6.67. The molecule has 0 bridgehead atoms. The highest BCUT2D eigenvalue weighted by molar-refractivity contribution is 5.35. The van der Waals surface area contributed by atoms with Crippen LogP contribution in [-0.4, -0.2) is 13.2 Å². The second kappa shape index (κ2) is 9.90. The molecular weight excluding hydrogens is 358 g/mol. The van der Waals surface area contributed by atoms with Crippen LogP contribution in [-0.2, 0) is 6.42 Å². The molecule has 0 amide bonds. The zero-order valence-electron chi connectivity index (χ0n) is 16.8. The van der Waals surface area contributed by atoms with Crippen LogP contribution in [0.3, 0.4) is 0 Å². The number of hydrogen-bond acceptors (Lipinski definition) is 2. The van der Waals surface area contributed by atoms with Crippen LogP contribution in [0.15, 0.2) is 36.4 Å². The van der Waals surface area contributed by atoms with Crippen LogP contribution in [0, 0.1) is 17.6 Å². The Kier molecular flexibility index (Phi) is 7.30. The molecule has 2 aromatic rings. The monoisotopic (exact) mass is 388 g/mol. The van der Waals surface area contributed by atoms with Crippen LogP contribution in [0.5, 0.6) is 11.5 Å². The average molecular weight is 388 g/mol. The first-order valence-corrected chi connectivity index (χ1v) is 10.4. The molecular formula is C24H30F2O2. The van der Waals surface area contributed by atoms with Gasteiger partial charge in [0.25, 0.3) is 0 Å². The molecule has 1 fully saturated rings. The van der Waals surface area contributed by atoms with Crippen LogP contribution < -0.4 is 9.47 Å². The number of benzene rings is 2. The van der Waals surface area contributed by atoms with Gasteiger partial charge in [-0.2, -0.15) is 8.78 Å². The van der Waals surface area contributed by atoms with E-state index in [9.17, 15) is 8.78 Å². The lowest BCUT2D eigenvalue weighted by molar-refractivity contribution is 0.191. The Bertz CT molecular complexity index is 750. The Morgan fingerprint density at radius 2 is 1.43 bits per heavy atom. The van der Waals surface area contributed by atoms with Gasteiger partial charge in [-0.1, -0.05) is 37.6 Å². The van der Waals surface area contributed by atoms with Crippen LogP contribution in [0.1, 0.15) is 63.0 Å². The molecule has 0 aliphatic heterocycles. The summed E-state index contributed by atoms with van der Waals surface area (Å²) in [4.78, 5) is 0. The first-order valence-electron chi connectivity index (χ1n) is 10.4. The highest BCUT2D eigenvalue weighted by atomic mass is 19.2. The van der Waals surface area contributed by atoms with Gasteiger partial charge >= 0.3 is 0 Å². The van der Waals surface area contributed by atoms with Gasteiger partial charge < -0.3 is 9.47 Å². The summed E-state index contributed by atoms with van der Waals surface area (Å²) in [6.45, 7) is 4.65. The maximum Gasteiger partial charge on any atom is 0.204 e. The quantitative estimate of drug-likeness (QED) is 0.503. The van der Waals surface area contributed by atoms with Crippen molar-refractivity contribution in [1.82, 2.24) is 0 Å². The molecule has 0 unspecified atom stereocenters. The third-order valence-corrected chi connectivity index (χ3v) is 5.62. The molecule has 1 aliphatic rings. The fraction of sp³-hybridized carbons (Fsp3) is 0.500. The number of rotatable bonds is 8. The summed E-state index contributed by atoms with van der Waals surface area (Å²) in [5, 5.41) is 0. The summed E-state index contributed by atoms with van der Waals surface area (Å²) >= 11 is 0. The molecule has 0 N–H and O–H groups in total. The van der Waals surface area contributed by atoms with Gasteiger partial charge in [-0.25, -0.2) is 0 Å². The minimum Gasteiger partial charge on any atom is -0.491 e. The Morgan fingerprint density at radius 1 is 0.821 bits per heavy atom. The van der Waals surface area contributed by atoms with Crippen molar-refractivity contribution in [2.45, 2.75) is 58.3 Å². The molecule has 0 radical (unpaired) electrons. The lowest BCUT2D eigenvalue weighted by atomic mass is 9.79. The lowest BCUT2D eigenvalue weighted by Crippen LogP contribution is -2.19. The first-order chi connectivity index (χ1) is 13.6. The summed E-state index contributed by atoms with van der Waals surface area (Å²) in [7, 11) is 0. The molecule has 28 heavy (non-hydrogen) atoms. The smallest absolute Gasteiger partial charge is 0.204 e. The Balaban J connectivity index is 1.50. The van der Waals surface area contributed by atoms with Gasteiger partial charge in [-0.05, 0) is 74.1 Å². The maximum absolute atomic E-state index is 14.1. The van der Waals surface area contributed by atoms with Gasteiger partial charge in [0.1, 0.15) is 0 Å². The van der Waals surface area contributed by atoms with E-state index in [4.69, 9.17) is 9.47 Å². The third kappa shape index (κ3) is 5.03. The number of ether oxygens (including phenoxy) is 2. The molecule has 0 spiro atoms. The number of halogens is 2. The molecule has 0 aromatic heterocycles. The zero-order chi connectivity index (χ0) is 19.9. The normalized spacial score (nSPS) is 19.4. The second-order valence-electron chi connectivity index (χ2n) is 7.64. The van der Waals surface area contributed by atoms with E-state index in [0.29, 0.717) is 25.0 Å². The molecule has 152 valence electrons. The number of hydrogen-bond donors (Lipinski definition) is 0. The van der Waals surface area contributed by atoms with E-state index in [0.717, 1.165) is 32.1 Å². The van der Waals surface area contributed by atoms with Gasteiger partial charge in [0.05, 0.1) is 13.2 Å². The van der Waals surface area contributed by atoms with Crippen LogP contribution in [0.4, 0.5) is 8.78 Å². The number of aryl methyl sites for hydroxylation is 1. The standard InChI is InChI=1S/C24H30F2O2/c1-3-5-17-6-10-19(11-7-17)20-12-8-18(9-13-20)16-28-22-15-14-21(27-4-2)23(25)24(22)26/h6-7,10-11,14-15,18,20H,3-5,8-9,12-13,16H2,1-2H3. The van der Waals surface area contributed by atoms with E-state index in [1.807, 2.05) is 0 Å². The van der Waals surface area contributed by atoms with Crippen molar-refractivity contribution in [2.75, 3.05) is 13.2 Å². The summed E-state index contributed by atoms with van der Waals surface area (Å²) in [5.74, 6) is -1.08. The molecule has 4 heteroatoms. The molecule has 3 rings (SSSR count). The minimum atomic E-state index is -0.977. The summed E-state index contributed by atoms with van der Waals surface area (Å²) < 4.78 is 38.8. The molecule has 1 aliphatic carbocycles. The second-order valence-corrected chi connectivity index (χ2v) is 7.64. The Labute approximate surface area is 166 Å². The summed E-state index contributed by atoms with van der Waals surface area (Å²) in [6, 6.07) is 11.9. The highest BCUT2D eigenvalue weighted by Crippen LogP contribution is 2.36. The van der Waals surface area contributed by atoms with E-state index in [-0.39, 0.29) is 11.5 Å². The van der Waals surface area contributed by atoms with Crippen LogP contribution in [0.2, 0.25) is 0 Å². The predicted molar refractivity (Wildman–Crippen MR) is 108 cm³/mol. The lowest BCUT2D eigenvalue weighted by Gasteiger charge is -2.29. The van der Waals surface area contributed by atoms with Gasteiger partial charge in [0.2, 0.25) is 11.6 Å². The van der Waals surface area contributed by atoms with E-state index in [1.54, 1.807) is 6.92 Å². The Hall–Kier alpha value is -2.10. The van der Waals surface area contributed by atoms with Crippen molar-refractivity contribution in [1.29, 1.82) is 0 Å². The van der Waals surface area contributed by atoms with Gasteiger partial charge in [0.15, 0.2) is 11.5 Å². The van der Waals surface area contributed by atoms with Crippen molar-refractivity contribution in [3.8, 4) is 11.5 Å². The average Bonchev–Trinajstić information content (AvgIpc) is 2.72. The van der Waals surface area contributed by atoms with E-state index in [2.05, 4.69) is 31.2 Å². The van der Waals surface area contributed by atoms with Crippen molar-refractivity contribution in [2.24, 2.45) is 5.92 Å². The van der Waals surface area contributed by atoms with Crippen LogP contribution >= 0.6 is 0 Å². The van der Waals surface area contributed by atoms with Gasteiger partial charge in [0, 0.05) is 0 Å². The Morgan fingerprint density at radius 3 is 2.00 bits per heavy atom. The fourth-order valence-electron chi connectivity index (χ4n) is 4.01. The van der Waals surface area contributed by atoms with Crippen molar-refractivity contribution in [3.63, 3.8) is 0 Å². The molecule has 0 heterocycles. The maximum atomic E-state index is 14.1. The molecule has 2 aromatic carbocycles.